The van der Waals surface area contributed by atoms with Gasteiger partial charge in [-0.25, -0.2) is 4.98 Å². The van der Waals surface area contributed by atoms with Crippen LogP contribution in [0.15, 0.2) is 59.4 Å². The van der Waals surface area contributed by atoms with Crippen molar-refractivity contribution < 1.29 is 0 Å². The Morgan fingerprint density at radius 1 is 0.962 bits per heavy atom. The zero-order valence-electron chi connectivity index (χ0n) is 14.6. The van der Waals surface area contributed by atoms with Crippen LogP contribution in [0.5, 0.6) is 0 Å². The summed E-state index contributed by atoms with van der Waals surface area (Å²) >= 11 is 0. The number of nitrogens with one attached hydrogen (secondary N) is 2. The standard InChI is InChI=1S/C22H21N3O/c26-20-18-14-23-12-9-19(18)24-21(25-20)22(10-11-22)17-8-4-7-16(13-17)15-5-2-1-3-6-15/h1-8,13,23H,9-12,14H2,(H,24,25,26). The van der Waals surface area contributed by atoms with Crippen molar-refractivity contribution in [2.24, 2.45) is 0 Å². The van der Waals surface area contributed by atoms with Crippen molar-refractivity contribution in [1.29, 1.82) is 0 Å². The summed E-state index contributed by atoms with van der Waals surface area (Å²) < 4.78 is 0. The van der Waals surface area contributed by atoms with Crippen molar-refractivity contribution in [3.05, 3.63) is 87.6 Å². The van der Waals surface area contributed by atoms with Crippen LogP contribution in [0.2, 0.25) is 0 Å². The summed E-state index contributed by atoms with van der Waals surface area (Å²) in [6.45, 7) is 1.51. The lowest BCUT2D eigenvalue weighted by atomic mass is 9.91. The second-order valence-electron chi connectivity index (χ2n) is 7.30. The molecule has 1 aliphatic heterocycles. The molecule has 5 rings (SSSR count). The number of hydrogen-bond acceptors (Lipinski definition) is 3. The molecule has 3 aromatic rings. The normalized spacial score (nSPS) is 17.5. The Kier molecular flexibility index (Phi) is 3.54. The fourth-order valence-electron chi connectivity index (χ4n) is 3.99. The number of hydrogen-bond donors (Lipinski definition) is 2. The Morgan fingerprint density at radius 3 is 2.58 bits per heavy atom. The fourth-order valence-corrected chi connectivity index (χ4v) is 3.99. The largest absolute Gasteiger partial charge is 0.312 e. The van der Waals surface area contributed by atoms with Gasteiger partial charge in [0.2, 0.25) is 0 Å². The van der Waals surface area contributed by atoms with Crippen LogP contribution in [0.4, 0.5) is 0 Å². The lowest BCUT2D eigenvalue weighted by Gasteiger charge is -2.20. The Morgan fingerprint density at radius 2 is 1.77 bits per heavy atom. The molecule has 0 saturated heterocycles. The van der Waals surface area contributed by atoms with Crippen LogP contribution < -0.4 is 10.9 Å². The highest BCUT2D eigenvalue weighted by molar-refractivity contribution is 5.65. The summed E-state index contributed by atoms with van der Waals surface area (Å²) in [5, 5.41) is 3.25. The van der Waals surface area contributed by atoms with Crippen LogP contribution in [0.3, 0.4) is 0 Å². The first-order chi connectivity index (χ1) is 12.8. The van der Waals surface area contributed by atoms with E-state index in [1.165, 1.54) is 16.7 Å². The molecule has 0 amide bonds. The van der Waals surface area contributed by atoms with E-state index in [0.29, 0.717) is 6.54 Å². The molecular formula is C22H21N3O. The third kappa shape index (κ3) is 2.49. The lowest BCUT2D eigenvalue weighted by Crippen LogP contribution is -2.33. The number of nitrogens with zero attached hydrogens (tertiary/aromatic N) is 1. The van der Waals surface area contributed by atoms with Gasteiger partial charge in [-0.15, -0.1) is 0 Å². The van der Waals surface area contributed by atoms with Crippen molar-refractivity contribution >= 4 is 0 Å². The van der Waals surface area contributed by atoms with Crippen LogP contribution in [0.25, 0.3) is 11.1 Å². The van der Waals surface area contributed by atoms with E-state index in [4.69, 9.17) is 4.98 Å². The highest BCUT2D eigenvalue weighted by atomic mass is 16.1. The molecule has 4 nitrogen and oxygen atoms in total. The van der Waals surface area contributed by atoms with E-state index in [2.05, 4.69) is 58.8 Å². The van der Waals surface area contributed by atoms with Gasteiger partial charge in [0.1, 0.15) is 5.82 Å². The fraction of sp³-hybridized carbons (Fsp3) is 0.273. The number of H-pyrrole nitrogens is 1. The van der Waals surface area contributed by atoms with Crippen LogP contribution in [-0.4, -0.2) is 16.5 Å². The highest BCUT2D eigenvalue weighted by Crippen LogP contribution is 2.52. The Bertz CT molecular complexity index is 1020. The topological polar surface area (TPSA) is 57.8 Å². The smallest absolute Gasteiger partial charge is 0.255 e. The maximum Gasteiger partial charge on any atom is 0.255 e. The third-order valence-corrected chi connectivity index (χ3v) is 5.67. The molecule has 2 aliphatic rings. The van der Waals surface area contributed by atoms with Crippen molar-refractivity contribution in [3.8, 4) is 11.1 Å². The van der Waals surface area contributed by atoms with Gasteiger partial charge in [0, 0.05) is 19.5 Å². The zero-order valence-corrected chi connectivity index (χ0v) is 14.6. The summed E-state index contributed by atoms with van der Waals surface area (Å²) in [5.41, 5.74) is 5.31. The molecule has 1 aliphatic carbocycles. The van der Waals surface area contributed by atoms with E-state index in [1.54, 1.807) is 0 Å². The monoisotopic (exact) mass is 343 g/mol. The van der Waals surface area contributed by atoms with Gasteiger partial charge in [-0.3, -0.25) is 4.79 Å². The molecule has 1 aromatic heterocycles. The minimum absolute atomic E-state index is 0.0164. The quantitative estimate of drug-likeness (QED) is 0.768. The molecule has 0 atom stereocenters. The number of benzene rings is 2. The van der Waals surface area contributed by atoms with E-state index in [9.17, 15) is 4.79 Å². The van der Waals surface area contributed by atoms with E-state index >= 15 is 0 Å². The van der Waals surface area contributed by atoms with Gasteiger partial charge in [-0.05, 0) is 29.5 Å². The molecule has 26 heavy (non-hydrogen) atoms. The third-order valence-electron chi connectivity index (χ3n) is 5.67. The number of aromatic amines is 1. The molecule has 0 spiro atoms. The Balaban J connectivity index is 1.59. The SMILES string of the molecule is O=c1[nH]c(C2(c3cccc(-c4ccccc4)c3)CC2)nc2c1CNCC2. The van der Waals surface area contributed by atoms with Crippen LogP contribution in [0.1, 0.15) is 35.5 Å². The molecule has 130 valence electrons. The van der Waals surface area contributed by atoms with Crippen LogP contribution >= 0.6 is 0 Å². The molecule has 4 heteroatoms. The predicted octanol–water partition coefficient (Wildman–Crippen LogP) is 3.16. The summed E-state index contributed by atoms with van der Waals surface area (Å²) in [7, 11) is 0. The predicted molar refractivity (Wildman–Crippen MR) is 102 cm³/mol. The molecule has 1 saturated carbocycles. The maximum atomic E-state index is 12.5. The first-order valence-electron chi connectivity index (χ1n) is 9.25. The molecule has 0 radical (unpaired) electrons. The average molecular weight is 343 g/mol. The molecule has 2 heterocycles. The van der Waals surface area contributed by atoms with Crippen molar-refractivity contribution in [2.75, 3.05) is 6.54 Å². The Labute approximate surface area is 152 Å². The van der Waals surface area contributed by atoms with Gasteiger partial charge in [0.15, 0.2) is 0 Å². The highest BCUT2D eigenvalue weighted by Gasteiger charge is 2.48. The van der Waals surface area contributed by atoms with Gasteiger partial charge in [0.25, 0.3) is 5.56 Å². The molecule has 2 N–H and O–H groups in total. The molecule has 1 fully saturated rings. The first kappa shape index (κ1) is 15.5. The molecule has 0 unspecified atom stereocenters. The van der Waals surface area contributed by atoms with E-state index in [0.717, 1.165) is 42.9 Å². The van der Waals surface area contributed by atoms with E-state index < -0.39 is 0 Å². The summed E-state index contributed by atoms with van der Waals surface area (Å²) in [4.78, 5) is 20.5. The Hall–Kier alpha value is -2.72. The second kappa shape index (κ2) is 5.92. The van der Waals surface area contributed by atoms with Gasteiger partial charge in [-0.1, -0.05) is 54.6 Å². The van der Waals surface area contributed by atoms with Crippen molar-refractivity contribution in [2.45, 2.75) is 31.2 Å². The maximum absolute atomic E-state index is 12.5. The molecular weight excluding hydrogens is 322 g/mol. The van der Waals surface area contributed by atoms with Crippen LogP contribution in [-0.2, 0) is 18.4 Å². The lowest BCUT2D eigenvalue weighted by molar-refractivity contribution is 0.604. The first-order valence-corrected chi connectivity index (χ1v) is 9.25. The number of fused-ring (bicyclic) bond motifs is 1. The number of aromatic nitrogens is 2. The molecule has 2 aromatic carbocycles. The summed E-state index contributed by atoms with van der Waals surface area (Å²) in [6.07, 6.45) is 2.89. The van der Waals surface area contributed by atoms with Crippen LogP contribution in [0, 0.1) is 0 Å². The van der Waals surface area contributed by atoms with Gasteiger partial charge >= 0.3 is 0 Å². The summed E-state index contributed by atoms with van der Waals surface area (Å²) in [5.74, 6) is 0.841. The van der Waals surface area contributed by atoms with E-state index in [1.807, 2.05) is 6.07 Å². The van der Waals surface area contributed by atoms with Crippen molar-refractivity contribution in [1.82, 2.24) is 15.3 Å². The van der Waals surface area contributed by atoms with Gasteiger partial charge in [0.05, 0.1) is 16.7 Å². The minimum Gasteiger partial charge on any atom is -0.312 e. The second-order valence-corrected chi connectivity index (χ2v) is 7.30. The van der Waals surface area contributed by atoms with Gasteiger partial charge < -0.3 is 10.3 Å². The zero-order chi connectivity index (χ0) is 17.6. The van der Waals surface area contributed by atoms with E-state index in [-0.39, 0.29) is 11.0 Å². The minimum atomic E-state index is -0.135. The average Bonchev–Trinajstić information content (AvgIpc) is 3.51. The summed E-state index contributed by atoms with van der Waals surface area (Å²) in [6, 6.07) is 19.1. The van der Waals surface area contributed by atoms with Crippen molar-refractivity contribution in [3.63, 3.8) is 0 Å². The van der Waals surface area contributed by atoms with Gasteiger partial charge in [-0.2, -0.15) is 0 Å². The molecule has 0 bridgehead atoms. The number of rotatable bonds is 3.